The summed E-state index contributed by atoms with van der Waals surface area (Å²) < 4.78 is 1.81. The summed E-state index contributed by atoms with van der Waals surface area (Å²) in [6, 6.07) is 0. The molecule has 66 valence electrons. The monoisotopic (exact) mass is 166 g/mol. The highest BCUT2D eigenvalue weighted by Crippen LogP contribution is 2.07. The first-order chi connectivity index (χ1) is 5.84. The summed E-state index contributed by atoms with van der Waals surface area (Å²) in [7, 11) is 1.93. The van der Waals surface area contributed by atoms with E-state index < -0.39 is 0 Å². The van der Waals surface area contributed by atoms with Gasteiger partial charge in [-0.3, -0.25) is 4.68 Å². The lowest BCUT2D eigenvalue weighted by Crippen LogP contribution is -2.45. The molecule has 0 atom stereocenters. The smallest absolute Gasteiger partial charge is 0.0726 e. The Morgan fingerprint density at radius 3 is 3.08 bits per heavy atom. The summed E-state index contributed by atoms with van der Waals surface area (Å²) >= 11 is 0. The van der Waals surface area contributed by atoms with Crippen LogP contribution in [0.4, 0.5) is 5.69 Å². The van der Waals surface area contributed by atoms with E-state index in [0.29, 0.717) is 0 Å². The van der Waals surface area contributed by atoms with Crippen LogP contribution < -0.4 is 10.6 Å². The standard InChI is InChI=1S/C8H14N4/c1-12-6-8(5-11-12)10-4-7-2-9-3-7/h5-7,9-10H,2-4H2,1H3. The predicted molar refractivity (Wildman–Crippen MR) is 48.1 cm³/mol. The first-order valence-corrected chi connectivity index (χ1v) is 4.28. The summed E-state index contributed by atoms with van der Waals surface area (Å²) in [4.78, 5) is 0. The van der Waals surface area contributed by atoms with Gasteiger partial charge in [-0.05, 0) is 0 Å². The van der Waals surface area contributed by atoms with Crippen LogP contribution in [0.3, 0.4) is 0 Å². The molecule has 0 amide bonds. The van der Waals surface area contributed by atoms with Gasteiger partial charge in [-0.15, -0.1) is 0 Å². The van der Waals surface area contributed by atoms with Crippen molar-refractivity contribution in [2.24, 2.45) is 13.0 Å². The molecule has 0 aromatic carbocycles. The van der Waals surface area contributed by atoms with Gasteiger partial charge in [0.1, 0.15) is 0 Å². The van der Waals surface area contributed by atoms with Gasteiger partial charge in [-0.2, -0.15) is 5.10 Å². The van der Waals surface area contributed by atoms with E-state index in [2.05, 4.69) is 15.7 Å². The summed E-state index contributed by atoms with van der Waals surface area (Å²) in [5.74, 6) is 0.796. The van der Waals surface area contributed by atoms with Crippen LogP contribution >= 0.6 is 0 Å². The lowest BCUT2D eigenvalue weighted by Gasteiger charge is -2.27. The number of nitrogens with zero attached hydrogens (tertiary/aromatic N) is 2. The SMILES string of the molecule is Cn1cc(NCC2CNC2)cn1. The molecule has 1 aliphatic heterocycles. The van der Waals surface area contributed by atoms with E-state index in [1.165, 1.54) is 0 Å². The third-order valence-electron chi connectivity index (χ3n) is 2.17. The molecule has 1 aromatic heterocycles. The number of anilines is 1. The average Bonchev–Trinajstić information content (AvgIpc) is 2.32. The van der Waals surface area contributed by atoms with Crippen LogP contribution in [-0.4, -0.2) is 29.4 Å². The van der Waals surface area contributed by atoms with E-state index in [1.807, 2.05) is 19.4 Å². The fraction of sp³-hybridized carbons (Fsp3) is 0.625. The molecule has 2 heterocycles. The van der Waals surface area contributed by atoms with Crippen LogP contribution in [0.25, 0.3) is 0 Å². The van der Waals surface area contributed by atoms with Gasteiger partial charge in [0.25, 0.3) is 0 Å². The first-order valence-electron chi connectivity index (χ1n) is 4.28. The number of hydrogen-bond acceptors (Lipinski definition) is 3. The van der Waals surface area contributed by atoms with E-state index in [9.17, 15) is 0 Å². The van der Waals surface area contributed by atoms with Gasteiger partial charge in [0.05, 0.1) is 11.9 Å². The Kier molecular flexibility index (Phi) is 1.99. The van der Waals surface area contributed by atoms with E-state index in [4.69, 9.17) is 0 Å². The van der Waals surface area contributed by atoms with Crippen LogP contribution in [0, 0.1) is 5.92 Å². The molecule has 12 heavy (non-hydrogen) atoms. The minimum atomic E-state index is 0.796. The van der Waals surface area contributed by atoms with E-state index in [1.54, 1.807) is 4.68 Å². The van der Waals surface area contributed by atoms with Crippen LogP contribution in [0.15, 0.2) is 12.4 Å². The Labute approximate surface area is 72.0 Å². The van der Waals surface area contributed by atoms with E-state index in [-0.39, 0.29) is 0 Å². The first kappa shape index (κ1) is 7.61. The normalized spacial score (nSPS) is 17.4. The van der Waals surface area contributed by atoms with Crippen LogP contribution in [-0.2, 0) is 7.05 Å². The molecule has 1 fully saturated rings. The van der Waals surface area contributed by atoms with Gasteiger partial charge in [0, 0.05) is 38.8 Å². The summed E-state index contributed by atoms with van der Waals surface area (Å²) in [6.45, 7) is 3.35. The fourth-order valence-electron chi connectivity index (χ4n) is 1.27. The van der Waals surface area contributed by atoms with Crippen molar-refractivity contribution in [3.63, 3.8) is 0 Å². The zero-order valence-electron chi connectivity index (χ0n) is 7.25. The zero-order valence-corrected chi connectivity index (χ0v) is 7.25. The molecule has 4 nitrogen and oxygen atoms in total. The maximum atomic E-state index is 4.08. The molecule has 1 saturated heterocycles. The van der Waals surface area contributed by atoms with Crippen molar-refractivity contribution >= 4 is 5.69 Å². The lowest BCUT2D eigenvalue weighted by atomic mass is 10.0. The number of nitrogens with one attached hydrogen (secondary N) is 2. The largest absolute Gasteiger partial charge is 0.382 e. The molecule has 1 aliphatic rings. The topological polar surface area (TPSA) is 41.9 Å². The second-order valence-electron chi connectivity index (χ2n) is 3.31. The number of rotatable bonds is 3. The summed E-state index contributed by atoms with van der Waals surface area (Å²) in [6.07, 6.45) is 3.85. The Bertz CT molecular complexity index is 251. The highest BCUT2D eigenvalue weighted by Gasteiger charge is 2.15. The number of aryl methyl sites for hydroxylation is 1. The summed E-state index contributed by atoms with van der Waals surface area (Å²) in [5.41, 5.74) is 1.12. The van der Waals surface area contributed by atoms with Gasteiger partial charge in [-0.25, -0.2) is 0 Å². The molecular weight excluding hydrogens is 152 g/mol. The number of hydrogen-bond donors (Lipinski definition) is 2. The van der Waals surface area contributed by atoms with Gasteiger partial charge < -0.3 is 10.6 Å². The molecule has 1 aromatic rings. The quantitative estimate of drug-likeness (QED) is 0.666. The van der Waals surface area contributed by atoms with Crippen LogP contribution in [0.2, 0.25) is 0 Å². The van der Waals surface area contributed by atoms with Crippen molar-refractivity contribution in [1.29, 1.82) is 0 Å². The van der Waals surface area contributed by atoms with Crippen LogP contribution in [0.1, 0.15) is 0 Å². The molecule has 2 rings (SSSR count). The minimum absolute atomic E-state index is 0.796. The maximum Gasteiger partial charge on any atom is 0.0726 e. The van der Waals surface area contributed by atoms with Crippen molar-refractivity contribution in [2.75, 3.05) is 25.0 Å². The molecular formula is C8H14N4. The van der Waals surface area contributed by atoms with Gasteiger partial charge in [0.2, 0.25) is 0 Å². The van der Waals surface area contributed by atoms with Gasteiger partial charge in [-0.1, -0.05) is 0 Å². The Hall–Kier alpha value is -1.03. The average molecular weight is 166 g/mol. The van der Waals surface area contributed by atoms with Gasteiger partial charge >= 0.3 is 0 Å². The Morgan fingerprint density at radius 2 is 2.58 bits per heavy atom. The van der Waals surface area contributed by atoms with E-state index >= 15 is 0 Å². The van der Waals surface area contributed by atoms with Crippen LogP contribution in [0.5, 0.6) is 0 Å². The number of aromatic nitrogens is 2. The van der Waals surface area contributed by atoms with Crippen molar-refractivity contribution in [2.45, 2.75) is 0 Å². The second-order valence-corrected chi connectivity index (χ2v) is 3.31. The van der Waals surface area contributed by atoms with Crippen molar-refractivity contribution < 1.29 is 0 Å². The van der Waals surface area contributed by atoms with Gasteiger partial charge in [0.15, 0.2) is 0 Å². The molecule has 0 bridgehead atoms. The molecule has 0 saturated carbocycles. The predicted octanol–water partition coefficient (Wildman–Crippen LogP) is 0.0514. The van der Waals surface area contributed by atoms with E-state index in [0.717, 1.165) is 31.2 Å². The Balaban J connectivity index is 1.79. The third kappa shape index (κ3) is 1.58. The fourth-order valence-corrected chi connectivity index (χ4v) is 1.27. The minimum Gasteiger partial charge on any atom is -0.382 e. The molecule has 0 spiro atoms. The lowest BCUT2D eigenvalue weighted by molar-refractivity contribution is 0.365. The van der Waals surface area contributed by atoms with Crippen molar-refractivity contribution in [1.82, 2.24) is 15.1 Å². The molecule has 0 unspecified atom stereocenters. The molecule has 4 heteroatoms. The Morgan fingerprint density at radius 1 is 1.75 bits per heavy atom. The zero-order chi connectivity index (χ0) is 8.39. The highest BCUT2D eigenvalue weighted by molar-refractivity contribution is 5.38. The highest BCUT2D eigenvalue weighted by atomic mass is 15.3. The molecule has 0 aliphatic carbocycles. The second kappa shape index (κ2) is 3.15. The van der Waals surface area contributed by atoms with Crippen molar-refractivity contribution in [3.8, 4) is 0 Å². The molecule has 2 N–H and O–H groups in total. The third-order valence-corrected chi connectivity index (χ3v) is 2.17. The maximum absolute atomic E-state index is 4.08. The van der Waals surface area contributed by atoms with Crippen molar-refractivity contribution in [3.05, 3.63) is 12.4 Å². The molecule has 0 radical (unpaired) electrons. The summed E-state index contributed by atoms with van der Waals surface area (Å²) in [5, 5.41) is 10.7.